The van der Waals surface area contributed by atoms with Crippen molar-refractivity contribution in [3.8, 4) is 11.1 Å². The molecule has 2 aliphatic carbocycles. The Hall–Kier alpha value is -9.18. The molecule has 14 rings (SSSR count). The molecule has 2 aliphatic rings. The summed E-state index contributed by atoms with van der Waals surface area (Å²) in [5.41, 5.74) is 19.3. The van der Waals surface area contributed by atoms with Crippen LogP contribution in [-0.2, 0) is 10.8 Å². The Morgan fingerprint density at radius 1 is 0.239 bits per heavy atom. The van der Waals surface area contributed by atoms with Gasteiger partial charge in [0.1, 0.15) is 11.2 Å². The summed E-state index contributed by atoms with van der Waals surface area (Å²) in [6.07, 6.45) is 0. The molecule has 0 unspecified atom stereocenters. The van der Waals surface area contributed by atoms with E-state index in [0.717, 1.165) is 56.1 Å². The van der Waals surface area contributed by atoms with Crippen molar-refractivity contribution in [2.45, 2.75) is 10.8 Å². The molecule has 0 saturated heterocycles. The Balaban J connectivity index is 1.09. The minimum atomic E-state index is -0.749. The van der Waals surface area contributed by atoms with Crippen LogP contribution in [0, 0.1) is 0 Å². The first-order valence-corrected chi connectivity index (χ1v) is 24.5. The monoisotopic (exact) mass is 906 g/mol. The van der Waals surface area contributed by atoms with E-state index >= 15 is 0 Å². The third-order valence-electron chi connectivity index (χ3n) is 15.2. The lowest BCUT2D eigenvalue weighted by Crippen LogP contribution is -2.44. The molecule has 0 saturated carbocycles. The predicted molar refractivity (Wildman–Crippen MR) is 292 cm³/mol. The van der Waals surface area contributed by atoms with Gasteiger partial charge in [-0.3, -0.25) is 0 Å². The molecule has 1 aromatic heterocycles. The molecule has 1 spiro atoms. The normalized spacial score (nSPS) is 13.6. The lowest BCUT2D eigenvalue weighted by atomic mass is 9.51. The second-order valence-electron chi connectivity index (χ2n) is 18.7. The van der Waals surface area contributed by atoms with Gasteiger partial charge in [-0.05, 0) is 134 Å². The van der Waals surface area contributed by atoms with Crippen LogP contribution in [0.25, 0.3) is 33.1 Å². The highest BCUT2D eigenvalue weighted by molar-refractivity contribution is 6.06. The van der Waals surface area contributed by atoms with Crippen molar-refractivity contribution < 1.29 is 4.42 Å². The Morgan fingerprint density at radius 3 is 1.07 bits per heavy atom. The number of para-hydroxylation sites is 4. The van der Waals surface area contributed by atoms with Crippen molar-refractivity contribution in [2.24, 2.45) is 0 Å². The van der Waals surface area contributed by atoms with Crippen molar-refractivity contribution >= 4 is 56.1 Å². The molecule has 0 aliphatic heterocycles. The Labute approximate surface area is 413 Å². The van der Waals surface area contributed by atoms with Gasteiger partial charge in [0.2, 0.25) is 0 Å². The van der Waals surface area contributed by atoms with E-state index in [4.69, 9.17) is 4.42 Å². The number of hydrogen-bond donors (Lipinski definition) is 0. The summed E-state index contributed by atoms with van der Waals surface area (Å²) >= 11 is 0. The zero-order valence-corrected chi connectivity index (χ0v) is 38.9. The van der Waals surface area contributed by atoms with Gasteiger partial charge in [-0.2, -0.15) is 0 Å². The van der Waals surface area contributed by atoms with Gasteiger partial charge in [-0.25, -0.2) is 0 Å². The fourth-order valence-corrected chi connectivity index (χ4v) is 12.4. The molecule has 0 atom stereocenters. The molecule has 334 valence electrons. The highest BCUT2D eigenvalue weighted by atomic mass is 16.3. The van der Waals surface area contributed by atoms with Crippen LogP contribution < -0.4 is 9.80 Å². The highest BCUT2D eigenvalue weighted by Crippen LogP contribution is 2.65. The molecule has 0 N–H and O–H groups in total. The number of benzene rings is 11. The fraction of sp³-hybridized carbons (Fsp3) is 0.0294. The maximum absolute atomic E-state index is 6.56. The number of rotatable bonds is 8. The standard InChI is InChI=1S/C68H46N2O/c1-6-22-47(23-7-1)67(48-24-8-2-9-25-48)59-33-17-19-35-61(59)68(62-36-20-18-34-60(62)67)63-44-52(69(49-26-10-3-11-27-49)50-28-12-4-13-29-50)38-41-55(63)56-42-39-53(45-64(56)68)70(51-30-14-5-15-31-51)54-40-43-58-57-32-16-21-37-65(57)71-66(58)46-54/h1-46H. The van der Waals surface area contributed by atoms with Crippen molar-refractivity contribution in [3.63, 3.8) is 0 Å². The number of furan rings is 1. The number of nitrogens with zero attached hydrogens (tertiary/aromatic N) is 2. The second-order valence-corrected chi connectivity index (χ2v) is 18.7. The number of hydrogen-bond acceptors (Lipinski definition) is 3. The lowest BCUT2D eigenvalue weighted by molar-refractivity contribution is 0.623. The van der Waals surface area contributed by atoms with Gasteiger partial charge in [0.25, 0.3) is 0 Å². The van der Waals surface area contributed by atoms with Gasteiger partial charge >= 0.3 is 0 Å². The molecule has 0 amide bonds. The molecule has 0 fully saturated rings. The van der Waals surface area contributed by atoms with Crippen LogP contribution in [0.3, 0.4) is 0 Å². The average Bonchev–Trinajstić information content (AvgIpc) is 3.96. The summed E-state index contributed by atoms with van der Waals surface area (Å²) in [6.45, 7) is 0. The average molecular weight is 907 g/mol. The van der Waals surface area contributed by atoms with Crippen molar-refractivity contribution in [3.05, 3.63) is 324 Å². The van der Waals surface area contributed by atoms with E-state index < -0.39 is 10.8 Å². The van der Waals surface area contributed by atoms with E-state index in [0.29, 0.717) is 0 Å². The minimum Gasteiger partial charge on any atom is -0.456 e. The molecular formula is C68H46N2O. The summed E-state index contributed by atoms with van der Waals surface area (Å²) in [4.78, 5) is 4.78. The van der Waals surface area contributed by atoms with E-state index in [1.165, 1.54) is 55.6 Å². The fourth-order valence-electron chi connectivity index (χ4n) is 12.4. The van der Waals surface area contributed by atoms with Crippen LogP contribution in [-0.4, -0.2) is 0 Å². The first kappa shape index (κ1) is 40.8. The zero-order chi connectivity index (χ0) is 46.9. The number of anilines is 6. The van der Waals surface area contributed by atoms with Gasteiger partial charge in [0.15, 0.2) is 0 Å². The van der Waals surface area contributed by atoms with Crippen LogP contribution in [0.4, 0.5) is 34.1 Å². The molecule has 11 aromatic carbocycles. The molecule has 3 nitrogen and oxygen atoms in total. The SMILES string of the molecule is c1ccc(N(c2ccccc2)c2ccc3c(c2)C2(c4cc(N(c5ccccc5)c5ccc6c(c5)oc5ccccc56)ccc4-3)c3ccccc3C(c3ccccc3)(c3ccccc3)c3ccccc32)cc1. The summed E-state index contributed by atoms with van der Waals surface area (Å²) < 4.78 is 6.56. The zero-order valence-electron chi connectivity index (χ0n) is 38.9. The highest BCUT2D eigenvalue weighted by Gasteiger charge is 2.57. The van der Waals surface area contributed by atoms with E-state index in [1.807, 2.05) is 6.07 Å². The summed E-state index contributed by atoms with van der Waals surface area (Å²) in [6, 6.07) is 102. The summed E-state index contributed by atoms with van der Waals surface area (Å²) in [5.74, 6) is 0. The number of fused-ring (bicyclic) bond motifs is 12. The molecule has 0 radical (unpaired) electrons. The largest absolute Gasteiger partial charge is 0.456 e. The molecule has 12 aromatic rings. The van der Waals surface area contributed by atoms with Crippen molar-refractivity contribution in [1.82, 2.24) is 0 Å². The minimum absolute atomic E-state index is 0.628. The topological polar surface area (TPSA) is 19.6 Å². The molecule has 71 heavy (non-hydrogen) atoms. The van der Waals surface area contributed by atoms with E-state index in [-0.39, 0.29) is 0 Å². The van der Waals surface area contributed by atoms with Crippen molar-refractivity contribution in [2.75, 3.05) is 9.80 Å². The van der Waals surface area contributed by atoms with Crippen LogP contribution in [0.5, 0.6) is 0 Å². The lowest BCUT2D eigenvalue weighted by Gasteiger charge is -2.50. The first-order valence-electron chi connectivity index (χ1n) is 24.5. The Morgan fingerprint density at radius 2 is 0.592 bits per heavy atom. The summed E-state index contributed by atoms with van der Waals surface area (Å²) in [7, 11) is 0. The Kier molecular flexibility index (Phi) is 9.33. The Bertz CT molecular complexity index is 3810. The van der Waals surface area contributed by atoms with Crippen molar-refractivity contribution in [1.29, 1.82) is 0 Å². The molecule has 1 heterocycles. The van der Waals surface area contributed by atoms with Gasteiger partial charge in [0.05, 0.1) is 10.8 Å². The third kappa shape index (κ3) is 6.03. The van der Waals surface area contributed by atoms with E-state index in [1.54, 1.807) is 0 Å². The molecule has 0 bridgehead atoms. The van der Waals surface area contributed by atoms with Gasteiger partial charge < -0.3 is 14.2 Å². The summed E-state index contributed by atoms with van der Waals surface area (Å²) in [5, 5.41) is 2.22. The van der Waals surface area contributed by atoms with E-state index in [9.17, 15) is 0 Å². The second kappa shape index (κ2) is 16.2. The van der Waals surface area contributed by atoms with Gasteiger partial charge in [-0.1, -0.05) is 194 Å². The van der Waals surface area contributed by atoms with Gasteiger partial charge in [-0.15, -0.1) is 0 Å². The maximum atomic E-state index is 6.56. The van der Waals surface area contributed by atoms with Crippen LogP contribution in [0.1, 0.15) is 44.5 Å². The third-order valence-corrected chi connectivity index (χ3v) is 15.2. The van der Waals surface area contributed by atoms with Gasteiger partial charge in [0, 0.05) is 51.0 Å². The van der Waals surface area contributed by atoms with E-state index in [2.05, 4.69) is 283 Å². The van der Waals surface area contributed by atoms with Crippen LogP contribution in [0.15, 0.2) is 283 Å². The van der Waals surface area contributed by atoms with Crippen LogP contribution in [0.2, 0.25) is 0 Å². The smallest absolute Gasteiger partial charge is 0.137 e. The maximum Gasteiger partial charge on any atom is 0.137 e. The first-order chi connectivity index (χ1) is 35.2. The molecular weight excluding hydrogens is 861 g/mol. The molecule has 3 heteroatoms. The predicted octanol–water partition coefficient (Wildman–Crippen LogP) is 17.6. The quantitative estimate of drug-likeness (QED) is 0.151. The van der Waals surface area contributed by atoms with Crippen LogP contribution >= 0.6 is 0 Å².